The number of nitriles is 1. The number of carbonyl (C=O) groups is 1. The van der Waals surface area contributed by atoms with Crippen LogP contribution in [0.25, 0.3) is 0 Å². The zero-order chi connectivity index (χ0) is 30.8. The van der Waals surface area contributed by atoms with Crippen LogP contribution in [0.15, 0.2) is 36.4 Å². The van der Waals surface area contributed by atoms with Crippen LogP contribution in [0.5, 0.6) is 5.75 Å². The molecule has 4 rings (SSSR count). The van der Waals surface area contributed by atoms with E-state index in [4.69, 9.17) is 26.6 Å². The van der Waals surface area contributed by atoms with Gasteiger partial charge in [-0.3, -0.25) is 9.69 Å². The van der Waals surface area contributed by atoms with Gasteiger partial charge in [-0.1, -0.05) is 20.8 Å². The maximum atomic E-state index is 15.3. The first-order chi connectivity index (χ1) is 18.7. The van der Waals surface area contributed by atoms with Crippen LogP contribution in [0.1, 0.15) is 58.6 Å². The Morgan fingerprint density at radius 2 is 1.68 bits per heavy atom. The normalized spacial score (nSPS) is 18.5. The molecule has 0 bridgehead atoms. The van der Waals surface area contributed by atoms with Crippen molar-refractivity contribution in [1.29, 1.82) is 5.26 Å². The maximum absolute atomic E-state index is 15.3. The van der Waals surface area contributed by atoms with Crippen LogP contribution in [0.2, 0.25) is 18.1 Å². The first-order valence-corrected chi connectivity index (χ1v) is 16.5. The quantitative estimate of drug-likeness (QED) is 0.184. The van der Waals surface area contributed by atoms with E-state index in [1.54, 1.807) is 19.9 Å². The van der Waals surface area contributed by atoms with E-state index < -0.39 is 48.5 Å². The van der Waals surface area contributed by atoms with Crippen LogP contribution in [0.3, 0.4) is 0 Å². The summed E-state index contributed by atoms with van der Waals surface area (Å²) in [4.78, 5) is 15.8. The van der Waals surface area contributed by atoms with E-state index >= 15 is 4.39 Å². The van der Waals surface area contributed by atoms with Gasteiger partial charge >= 0.3 is 6.18 Å². The van der Waals surface area contributed by atoms with E-state index in [0.717, 1.165) is 29.9 Å². The molecule has 1 aliphatic heterocycles. The zero-order valence-electron chi connectivity index (χ0n) is 24.1. The Kier molecular flexibility index (Phi) is 7.59. The number of nitrogens with zero attached hydrogens (tertiary/aromatic N) is 3. The molecule has 6 nitrogen and oxygen atoms in total. The summed E-state index contributed by atoms with van der Waals surface area (Å²) in [5.74, 6) is -1.25. The van der Waals surface area contributed by atoms with Gasteiger partial charge in [0.25, 0.3) is 5.91 Å². The van der Waals surface area contributed by atoms with E-state index in [0.29, 0.717) is 0 Å². The van der Waals surface area contributed by atoms with Crippen molar-refractivity contribution in [3.8, 4) is 11.8 Å². The van der Waals surface area contributed by atoms with Crippen molar-refractivity contribution in [3.63, 3.8) is 0 Å². The molecule has 0 aromatic heterocycles. The Hall–Kier alpha value is -3.01. The minimum absolute atomic E-state index is 0.0203. The predicted octanol–water partition coefficient (Wildman–Crippen LogP) is 7.57. The second-order valence-electron chi connectivity index (χ2n) is 12.6. The third-order valence-electron chi connectivity index (χ3n) is 8.11. The lowest BCUT2D eigenvalue weighted by Gasteiger charge is -2.39. The first kappa shape index (κ1) is 30.9. The average molecular weight is 608 g/mol. The largest absolute Gasteiger partial charge is 0.488 e. The Labute approximate surface area is 244 Å². The van der Waals surface area contributed by atoms with Crippen molar-refractivity contribution >= 4 is 42.9 Å². The number of ether oxygens (including phenoxy) is 1. The minimum atomic E-state index is -4.81. The van der Waals surface area contributed by atoms with Crippen molar-refractivity contribution in [2.75, 3.05) is 16.4 Å². The fourth-order valence-electron chi connectivity index (χ4n) is 4.52. The summed E-state index contributed by atoms with van der Waals surface area (Å²) in [5.41, 5.74) is -3.43. The second-order valence-corrected chi connectivity index (χ2v) is 17.7. The second kappa shape index (κ2) is 10.1. The third-order valence-corrected chi connectivity index (χ3v) is 13.0. The van der Waals surface area contributed by atoms with Crippen molar-refractivity contribution < 1.29 is 31.5 Å². The number of halogens is 4. The molecule has 2 fully saturated rings. The van der Waals surface area contributed by atoms with Gasteiger partial charge in [-0.05, 0) is 87.4 Å². The molecule has 220 valence electrons. The fourth-order valence-corrected chi connectivity index (χ4v) is 6.70. The fraction of sp³-hybridized carbons (Fsp3) is 0.483. The molecular formula is C29H33F4N3O3SSi. The molecule has 1 amide bonds. The highest BCUT2D eigenvalue weighted by Gasteiger charge is 2.53. The third kappa shape index (κ3) is 5.72. The highest BCUT2D eigenvalue weighted by molar-refractivity contribution is 7.81. The standard InChI is InChI=1S/C29H33F4N3O3SSi/c1-26(2,3)41(6,7)39-28(12-13-28)17-38-23-11-10-20(15-22(23)30)36-25(40)35(24(37)27(36,4)5)19-9-8-18(16-34)21(14-19)29(31,32)33/h8-11,14-15H,12-13,17H2,1-7H3. The Morgan fingerprint density at radius 1 is 1.07 bits per heavy atom. The van der Waals surface area contributed by atoms with Crippen molar-refractivity contribution in [3.05, 3.63) is 53.3 Å². The Morgan fingerprint density at radius 3 is 2.20 bits per heavy atom. The highest BCUT2D eigenvalue weighted by Crippen LogP contribution is 2.48. The van der Waals surface area contributed by atoms with Gasteiger partial charge in [-0.15, -0.1) is 0 Å². The molecule has 1 saturated heterocycles. The number of thiocarbonyl (C=S) groups is 1. The number of alkyl halides is 3. The van der Waals surface area contributed by atoms with Gasteiger partial charge in [0.2, 0.25) is 0 Å². The molecule has 0 spiro atoms. The molecule has 1 saturated carbocycles. The number of rotatable bonds is 7. The smallest absolute Gasteiger partial charge is 0.417 e. The molecule has 0 unspecified atom stereocenters. The van der Waals surface area contributed by atoms with Crippen LogP contribution in [-0.4, -0.2) is 37.1 Å². The van der Waals surface area contributed by atoms with Crippen molar-refractivity contribution in [2.45, 2.75) is 82.9 Å². The van der Waals surface area contributed by atoms with Crippen LogP contribution in [0, 0.1) is 17.1 Å². The van der Waals surface area contributed by atoms with E-state index in [1.807, 2.05) is 0 Å². The Bertz CT molecular complexity index is 1440. The van der Waals surface area contributed by atoms with Crippen LogP contribution < -0.4 is 14.5 Å². The predicted molar refractivity (Wildman–Crippen MR) is 155 cm³/mol. The lowest BCUT2D eigenvalue weighted by atomic mass is 10.0. The zero-order valence-corrected chi connectivity index (χ0v) is 25.9. The highest BCUT2D eigenvalue weighted by atomic mass is 32.1. The van der Waals surface area contributed by atoms with Gasteiger partial charge in [0.05, 0.1) is 28.5 Å². The summed E-state index contributed by atoms with van der Waals surface area (Å²) in [6.07, 6.45) is -3.15. The Balaban J connectivity index is 1.57. The molecule has 0 N–H and O–H groups in total. The molecule has 2 aromatic carbocycles. The number of benzene rings is 2. The molecule has 12 heteroatoms. The number of hydrogen-bond acceptors (Lipinski definition) is 5. The molecular weight excluding hydrogens is 574 g/mol. The topological polar surface area (TPSA) is 65.8 Å². The lowest BCUT2D eigenvalue weighted by molar-refractivity contribution is -0.137. The van der Waals surface area contributed by atoms with Crippen molar-refractivity contribution in [2.24, 2.45) is 0 Å². The number of carbonyl (C=O) groups excluding carboxylic acids is 1. The minimum Gasteiger partial charge on any atom is -0.488 e. The molecule has 0 atom stereocenters. The number of anilines is 2. The monoisotopic (exact) mass is 607 g/mol. The molecule has 41 heavy (non-hydrogen) atoms. The van der Waals surface area contributed by atoms with Gasteiger partial charge < -0.3 is 14.1 Å². The summed E-state index contributed by atoms with van der Waals surface area (Å²) in [6.45, 7) is 14.1. The lowest BCUT2D eigenvalue weighted by Crippen LogP contribution is -2.46. The molecule has 2 aliphatic rings. The number of amides is 1. The number of hydrogen-bond donors (Lipinski definition) is 0. The van der Waals surface area contributed by atoms with E-state index in [2.05, 4.69) is 33.9 Å². The van der Waals surface area contributed by atoms with Gasteiger partial charge in [-0.25, -0.2) is 4.39 Å². The van der Waals surface area contributed by atoms with Gasteiger partial charge in [0, 0.05) is 11.8 Å². The molecule has 0 radical (unpaired) electrons. The summed E-state index contributed by atoms with van der Waals surface area (Å²) in [6, 6.07) is 8.66. The first-order valence-electron chi connectivity index (χ1n) is 13.2. The van der Waals surface area contributed by atoms with Crippen LogP contribution >= 0.6 is 12.2 Å². The van der Waals surface area contributed by atoms with Crippen LogP contribution in [-0.2, 0) is 15.4 Å². The summed E-state index contributed by atoms with van der Waals surface area (Å²) < 4.78 is 68.5. The van der Waals surface area contributed by atoms with Crippen LogP contribution in [0.4, 0.5) is 28.9 Å². The van der Waals surface area contributed by atoms with Crippen molar-refractivity contribution in [1.82, 2.24) is 0 Å². The molecule has 2 aromatic rings. The van der Waals surface area contributed by atoms with Gasteiger partial charge in [0.15, 0.2) is 25.0 Å². The van der Waals surface area contributed by atoms with E-state index in [9.17, 15) is 18.0 Å². The van der Waals surface area contributed by atoms with Gasteiger partial charge in [0.1, 0.15) is 12.1 Å². The van der Waals surface area contributed by atoms with E-state index in [1.165, 1.54) is 29.2 Å². The summed E-state index contributed by atoms with van der Waals surface area (Å²) in [5, 5.41) is 9.02. The molecule has 1 heterocycles. The van der Waals surface area contributed by atoms with E-state index in [-0.39, 0.29) is 33.9 Å². The SMILES string of the molecule is CC1(C)C(=O)N(c2ccc(C#N)c(C(F)(F)F)c2)C(=S)N1c1ccc(OCC2(O[Si](C)(C)C(C)(C)C)CC2)c(F)c1. The summed E-state index contributed by atoms with van der Waals surface area (Å²) in [7, 11) is -2.05. The molecule has 1 aliphatic carbocycles. The summed E-state index contributed by atoms with van der Waals surface area (Å²) >= 11 is 5.53. The maximum Gasteiger partial charge on any atom is 0.417 e. The average Bonchev–Trinajstić information content (AvgIpc) is 3.57. The van der Waals surface area contributed by atoms with Gasteiger partial charge in [-0.2, -0.15) is 18.4 Å².